The molecule has 2 saturated heterocycles. The van der Waals surface area contributed by atoms with E-state index >= 15 is 0 Å². The fraction of sp³-hybridized carbons (Fsp3) is 0.769. The van der Waals surface area contributed by atoms with Gasteiger partial charge >= 0.3 is 12.0 Å². The zero-order chi connectivity index (χ0) is 15.5. The molecule has 0 aromatic rings. The quantitative estimate of drug-likeness (QED) is 0.712. The fourth-order valence-electron chi connectivity index (χ4n) is 2.57. The highest BCUT2D eigenvalue weighted by Gasteiger charge is 2.42. The molecule has 0 atom stereocenters. The second-order valence-corrected chi connectivity index (χ2v) is 5.73. The number of likely N-dealkylation sites (tertiary alicyclic amines) is 2. The Morgan fingerprint density at radius 3 is 2.38 bits per heavy atom. The molecule has 118 valence electrons. The van der Waals surface area contributed by atoms with E-state index in [1.807, 2.05) is 0 Å². The average Bonchev–Trinajstić information content (AvgIpc) is 2.93. The molecular formula is C13H21N3O5. The zero-order valence-electron chi connectivity index (χ0n) is 12.1. The van der Waals surface area contributed by atoms with Crippen molar-refractivity contribution in [3.05, 3.63) is 0 Å². The summed E-state index contributed by atoms with van der Waals surface area (Å²) in [6.45, 7) is 3.56. The lowest BCUT2D eigenvalue weighted by molar-refractivity contribution is -0.159. The Kier molecular flexibility index (Phi) is 4.66. The Morgan fingerprint density at radius 1 is 1.19 bits per heavy atom. The lowest BCUT2D eigenvalue weighted by atomic mass is 9.97. The lowest BCUT2D eigenvalue weighted by Crippen LogP contribution is -2.65. The molecule has 0 bridgehead atoms. The molecule has 3 amide bonds. The van der Waals surface area contributed by atoms with Gasteiger partial charge in [-0.15, -0.1) is 0 Å². The van der Waals surface area contributed by atoms with E-state index in [0.717, 1.165) is 25.9 Å². The first-order valence-corrected chi connectivity index (χ1v) is 7.06. The van der Waals surface area contributed by atoms with Crippen LogP contribution < -0.4 is 5.32 Å². The average molecular weight is 299 g/mol. The summed E-state index contributed by atoms with van der Waals surface area (Å²) in [5.41, 5.74) is -0.616. The molecule has 2 fully saturated rings. The Hall–Kier alpha value is -1.83. The van der Waals surface area contributed by atoms with Gasteiger partial charge in [0.15, 0.2) is 0 Å². The normalized spacial score (nSPS) is 20.0. The fourth-order valence-corrected chi connectivity index (χ4v) is 2.57. The molecule has 0 aliphatic carbocycles. The molecule has 2 N–H and O–H groups in total. The van der Waals surface area contributed by atoms with E-state index in [-0.39, 0.29) is 25.1 Å². The van der Waals surface area contributed by atoms with Crippen molar-refractivity contribution in [2.75, 3.05) is 39.3 Å². The number of rotatable bonds is 5. The van der Waals surface area contributed by atoms with E-state index in [4.69, 9.17) is 9.84 Å². The summed E-state index contributed by atoms with van der Waals surface area (Å²) >= 11 is 0. The van der Waals surface area contributed by atoms with E-state index in [1.54, 1.807) is 11.8 Å². The van der Waals surface area contributed by atoms with Crippen LogP contribution in [-0.2, 0) is 14.3 Å². The van der Waals surface area contributed by atoms with E-state index < -0.39 is 11.6 Å². The van der Waals surface area contributed by atoms with Crippen molar-refractivity contribution in [3.63, 3.8) is 0 Å². The minimum atomic E-state index is -1.03. The predicted octanol–water partition coefficient (Wildman–Crippen LogP) is -0.506. The molecule has 0 spiro atoms. The third kappa shape index (κ3) is 4.07. The Balaban J connectivity index is 1.66. The maximum atomic E-state index is 11.8. The van der Waals surface area contributed by atoms with Crippen LogP contribution in [0.25, 0.3) is 0 Å². The molecule has 2 heterocycles. The maximum absolute atomic E-state index is 11.8. The minimum Gasteiger partial charge on any atom is -0.480 e. The van der Waals surface area contributed by atoms with Crippen LogP contribution in [-0.4, -0.2) is 77.7 Å². The van der Waals surface area contributed by atoms with Gasteiger partial charge in [-0.25, -0.2) is 9.59 Å². The smallest absolute Gasteiger partial charge is 0.329 e. The molecule has 2 aliphatic rings. The minimum absolute atomic E-state index is 0.00201. The standard InChI is InChI=1S/C13H21N3O5/c1-13(21-7-11(18)19)8-16(9-13)12(20)14-6-10(17)15-4-2-3-5-15/h2-9H2,1H3,(H,14,20)(H,18,19). The van der Waals surface area contributed by atoms with Crippen LogP contribution in [0.3, 0.4) is 0 Å². The first-order chi connectivity index (χ1) is 9.89. The summed E-state index contributed by atoms with van der Waals surface area (Å²) in [5, 5.41) is 11.1. The van der Waals surface area contributed by atoms with Gasteiger partial charge < -0.3 is 25.0 Å². The first-order valence-electron chi connectivity index (χ1n) is 7.06. The Bertz CT molecular complexity index is 428. The van der Waals surface area contributed by atoms with Crippen molar-refractivity contribution in [3.8, 4) is 0 Å². The van der Waals surface area contributed by atoms with Crippen molar-refractivity contribution in [1.29, 1.82) is 0 Å². The van der Waals surface area contributed by atoms with Crippen LogP contribution in [0.5, 0.6) is 0 Å². The Labute approximate surface area is 123 Å². The van der Waals surface area contributed by atoms with E-state index in [1.165, 1.54) is 4.90 Å². The van der Waals surface area contributed by atoms with Gasteiger partial charge in [-0.05, 0) is 19.8 Å². The molecule has 0 saturated carbocycles. The lowest BCUT2D eigenvalue weighted by Gasteiger charge is -2.46. The third-order valence-electron chi connectivity index (χ3n) is 3.73. The van der Waals surface area contributed by atoms with Gasteiger partial charge in [-0.2, -0.15) is 0 Å². The van der Waals surface area contributed by atoms with Crippen LogP contribution >= 0.6 is 0 Å². The predicted molar refractivity (Wildman–Crippen MR) is 72.8 cm³/mol. The maximum Gasteiger partial charge on any atom is 0.329 e. The van der Waals surface area contributed by atoms with Crippen LogP contribution in [0.4, 0.5) is 4.79 Å². The van der Waals surface area contributed by atoms with E-state index in [2.05, 4.69) is 5.32 Å². The summed E-state index contributed by atoms with van der Waals surface area (Å²) in [4.78, 5) is 37.3. The topological polar surface area (TPSA) is 99.2 Å². The number of carboxylic acids is 1. The number of ether oxygens (including phenoxy) is 1. The van der Waals surface area contributed by atoms with Crippen LogP contribution in [0, 0.1) is 0 Å². The highest BCUT2D eigenvalue weighted by molar-refractivity contribution is 5.84. The third-order valence-corrected chi connectivity index (χ3v) is 3.73. The van der Waals surface area contributed by atoms with Crippen molar-refractivity contribution in [2.24, 2.45) is 0 Å². The van der Waals surface area contributed by atoms with E-state index in [0.29, 0.717) is 13.1 Å². The summed E-state index contributed by atoms with van der Waals surface area (Å²) in [6, 6.07) is -0.320. The van der Waals surface area contributed by atoms with Gasteiger partial charge in [0.2, 0.25) is 5.91 Å². The van der Waals surface area contributed by atoms with Gasteiger partial charge in [0.1, 0.15) is 12.2 Å². The van der Waals surface area contributed by atoms with Gasteiger partial charge in [0.25, 0.3) is 0 Å². The molecule has 8 heteroatoms. The van der Waals surface area contributed by atoms with Crippen molar-refractivity contribution in [2.45, 2.75) is 25.4 Å². The van der Waals surface area contributed by atoms with E-state index in [9.17, 15) is 14.4 Å². The molecule has 0 aromatic carbocycles. The largest absolute Gasteiger partial charge is 0.480 e. The summed E-state index contributed by atoms with van der Waals surface area (Å²) in [5.74, 6) is -1.10. The second kappa shape index (κ2) is 6.30. The van der Waals surface area contributed by atoms with Gasteiger partial charge in [-0.1, -0.05) is 0 Å². The number of urea groups is 1. The van der Waals surface area contributed by atoms with Crippen LogP contribution in [0.1, 0.15) is 19.8 Å². The van der Waals surface area contributed by atoms with Gasteiger partial charge in [0.05, 0.1) is 19.6 Å². The molecule has 0 radical (unpaired) electrons. The van der Waals surface area contributed by atoms with Gasteiger partial charge in [0, 0.05) is 13.1 Å². The van der Waals surface area contributed by atoms with Crippen molar-refractivity contribution >= 4 is 17.9 Å². The number of carbonyl (C=O) groups excluding carboxylic acids is 2. The highest BCUT2D eigenvalue weighted by Crippen LogP contribution is 2.24. The molecule has 8 nitrogen and oxygen atoms in total. The van der Waals surface area contributed by atoms with Crippen LogP contribution in [0.2, 0.25) is 0 Å². The van der Waals surface area contributed by atoms with Gasteiger partial charge in [-0.3, -0.25) is 4.79 Å². The molecule has 21 heavy (non-hydrogen) atoms. The molecule has 2 aliphatic heterocycles. The van der Waals surface area contributed by atoms with Crippen molar-refractivity contribution < 1.29 is 24.2 Å². The molecular weight excluding hydrogens is 278 g/mol. The number of hydrogen-bond donors (Lipinski definition) is 2. The molecule has 2 rings (SSSR count). The molecule has 0 aromatic heterocycles. The number of carboxylic acid groups (broad SMARTS) is 1. The first kappa shape index (κ1) is 15.6. The number of nitrogens with one attached hydrogen (secondary N) is 1. The Morgan fingerprint density at radius 2 is 1.81 bits per heavy atom. The SMILES string of the molecule is CC1(OCC(=O)O)CN(C(=O)NCC(=O)N2CCCC2)C1. The number of amides is 3. The summed E-state index contributed by atoms with van der Waals surface area (Å²) in [7, 11) is 0. The highest BCUT2D eigenvalue weighted by atomic mass is 16.5. The number of aliphatic carboxylic acids is 1. The van der Waals surface area contributed by atoms with Crippen molar-refractivity contribution in [1.82, 2.24) is 15.1 Å². The number of hydrogen-bond acceptors (Lipinski definition) is 4. The second-order valence-electron chi connectivity index (χ2n) is 5.73. The summed E-state index contributed by atoms with van der Waals surface area (Å²) in [6.07, 6.45) is 2.04. The number of carbonyl (C=O) groups is 3. The zero-order valence-corrected chi connectivity index (χ0v) is 12.1. The van der Waals surface area contributed by atoms with Crippen LogP contribution in [0.15, 0.2) is 0 Å². The number of nitrogens with zero attached hydrogens (tertiary/aromatic N) is 2. The summed E-state index contributed by atoms with van der Waals surface area (Å²) < 4.78 is 5.22. The monoisotopic (exact) mass is 299 g/mol. The molecule has 0 unspecified atom stereocenters.